The van der Waals surface area contributed by atoms with E-state index in [1.54, 1.807) is 19.1 Å². The van der Waals surface area contributed by atoms with E-state index in [0.717, 1.165) is 0 Å². The van der Waals surface area contributed by atoms with Crippen molar-refractivity contribution in [2.24, 2.45) is 0 Å². The summed E-state index contributed by atoms with van der Waals surface area (Å²) in [5.41, 5.74) is 0.594. The first-order valence-electron chi connectivity index (χ1n) is 6.09. The molecule has 8 nitrogen and oxygen atoms in total. The molecule has 0 radical (unpaired) electrons. The average Bonchev–Trinajstić information content (AvgIpc) is 2.98. The zero-order valence-electron chi connectivity index (χ0n) is 11.0. The highest BCUT2D eigenvalue weighted by Crippen LogP contribution is 2.19. The number of nitrogens with one attached hydrogen (secondary N) is 1. The predicted molar refractivity (Wildman–Crippen MR) is 73.3 cm³/mol. The third kappa shape index (κ3) is 3.34. The molecule has 21 heavy (non-hydrogen) atoms. The Labute approximate surface area is 124 Å². The summed E-state index contributed by atoms with van der Waals surface area (Å²) in [6.07, 6.45) is 1.59. The van der Waals surface area contributed by atoms with Crippen LogP contribution in [0.5, 0.6) is 0 Å². The Morgan fingerprint density at radius 3 is 2.81 bits per heavy atom. The second kappa shape index (κ2) is 6.31. The Morgan fingerprint density at radius 2 is 2.24 bits per heavy atom. The summed E-state index contributed by atoms with van der Waals surface area (Å²) in [7, 11) is 0. The molecule has 1 atom stereocenters. The molecule has 110 valence electrons. The summed E-state index contributed by atoms with van der Waals surface area (Å²) < 4.78 is 1.30. The molecule has 0 spiro atoms. The molecular formula is C12H12ClN5O3. The first-order valence-corrected chi connectivity index (χ1v) is 6.47. The van der Waals surface area contributed by atoms with Gasteiger partial charge in [-0.3, -0.25) is 4.79 Å². The van der Waals surface area contributed by atoms with Crippen LogP contribution in [0, 0.1) is 0 Å². The number of nitrogens with zero attached hydrogens (tertiary/aromatic N) is 4. The third-order valence-electron chi connectivity index (χ3n) is 2.81. The molecule has 2 aromatic rings. The summed E-state index contributed by atoms with van der Waals surface area (Å²) >= 11 is 5.90. The number of tetrazole rings is 1. The fourth-order valence-corrected chi connectivity index (χ4v) is 1.91. The number of carbonyl (C=O) groups is 2. The van der Waals surface area contributed by atoms with Gasteiger partial charge in [0.1, 0.15) is 12.4 Å². The lowest BCUT2D eigenvalue weighted by Gasteiger charge is -2.14. The largest absolute Gasteiger partial charge is 0.480 e. The summed E-state index contributed by atoms with van der Waals surface area (Å²) in [5, 5.41) is 22.5. The number of hydrogen-bond donors (Lipinski definition) is 2. The highest BCUT2D eigenvalue weighted by atomic mass is 35.5. The number of aromatic nitrogens is 4. The van der Waals surface area contributed by atoms with Gasteiger partial charge in [0.25, 0.3) is 5.91 Å². The Morgan fingerprint density at radius 1 is 1.48 bits per heavy atom. The van der Waals surface area contributed by atoms with E-state index < -0.39 is 17.9 Å². The maximum Gasteiger partial charge on any atom is 0.326 e. The smallest absolute Gasteiger partial charge is 0.326 e. The molecule has 1 aromatic heterocycles. The van der Waals surface area contributed by atoms with Crippen molar-refractivity contribution in [2.75, 3.05) is 0 Å². The zero-order chi connectivity index (χ0) is 15.4. The van der Waals surface area contributed by atoms with Gasteiger partial charge >= 0.3 is 5.97 Å². The zero-order valence-corrected chi connectivity index (χ0v) is 11.8. The van der Waals surface area contributed by atoms with Crippen LogP contribution >= 0.6 is 11.6 Å². The topological polar surface area (TPSA) is 110 Å². The van der Waals surface area contributed by atoms with Crippen LogP contribution in [-0.2, 0) is 4.79 Å². The Bertz CT molecular complexity index is 659. The molecule has 0 aliphatic rings. The van der Waals surface area contributed by atoms with E-state index in [9.17, 15) is 9.59 Å². The van der Waals surface area contributed by atoms with Crippen LogP contribution < -0.4 is 5.32 Å². The number of hydrogen-bond acceptors (Lipinski definition) is 5. The van der Waals surface area contributed by atoms with Gasteiger partial charge in [-0.2, -0.15) is 4.68 Å². The molecule has 1 unspecified atom stereocenters. The molecule has 1 aromatic carbocycles. The molecule has 0 aliphatic heterocycles. The highest BCUT2D eigenvalue weighted by molar-refractivity contribution is 6.31. The van der Waals surface area contributed by atoms with E-state index in [1.165, 1.54) is 17.1 Å². The number of carboxylic acid groups (broad SMARTS) is 1. The summed E-state index contributed by atoms with van der Waals surface area (Å²) in [6, 6.07) is 3.62. The van der Waals surface area contributed by atoms with Crippen molar-refractivity contribution in [3.8, 4) is 5.69 Å². The molecule has 2 rings (SSSR count). The van der Waals surface area contributed by atoms with Crippen molar-refractivity contribution < 1.29 is 14.7 Å². The van der Waals surface area contributed by atoms with E-state index in [-0.39, 0.29) is 12.0 Å². The minimum atomic E-state index is -1.10. The van der Waals surface area contributed by atoms with Gasteiger partial charge in [-0.1, -0.05) is 18.5 Å². The lowest BCUT2D eigenvalue weighted by molar-refractivity contribution is -0.139. The lowest BCUT2D eigenvalue weighted by atomic mass is 10.1. The molecule has 1 amide bonds. The van der Waals surface area contributed by atoms with Gasteiger partial charge in [0.2, 0.25) is 0 Å². The number of halogens is 1. The first-order chi connectivity index (χ1) is 10.0. The monoisotopic (exact) mass is 309 g/mol. The highest BCUT2D eigenvalue weighted by Gasteiger charge is 2.21. The van der Waals surface area contributed by atoms with Crippen LogP contribution in [0.1, 0.15) is 23.7 Å². The molecular weight excluding hydrogens is 298 g/mol. The quantitative estimate of drug-likeness (QED) is 0.849. The summed E-state index contributed by atoms with van der Waals surface area (Å²) in [6.45, 7) is 1.67. The minimum absolute atomic E-state index is 0.189. The molecule has 0 fully saturated rings. The van der Waals surface area contributed by atoms with Gasteiger partial charge < -0.3 is 10.4 Å². The maximum atomic E-state index is 12.3. The van der Waals surface area contributed by atoms with E-state index >= 15 is 0 Å². The van der Waals surface area contributed by atoms with E-state index in [2.05, 4.69) is 20.8 Å². The van der Waals surface area contributed by atoms with Crippen molar-refractivity contribution >= 4 is 23.5 Å². The standard InChI is InChI=1S/C12H12ClN5O3/c1-2-9(12(20)21)15-11(19)8-5-7(13)3-4-10(8)18-6-14-16-17-18/h3-6,9H,2H2,1H3,(H,15,19)(H,20,21). The number of benzene rings is 1. The number of amides is 1. The second-order valence-electron chi connectivity index (χ2n) is 4.19. The molecule has 1 heterocycles. The molecule has 0 saturated carbocycles. The van der Waals surface area contributed by atoms with Crippen molar-refractivity contribution in [3.63, 3.8) is 0 Å². The van der Waals surface area contributed by atoms with Crippen LogP contribution in [0.4, 0.5) is 0 Å². The van der Waals surface area contributed by atoms with Crippen LogP contribution in [0.2, 0.25) is 5.02 Å². The van der Waals surface area contributed by atoms with Gasteiger partial charge in [0.05, 0.1) is 11.3 Å². The van der Waals surface area contributed by atoms with E-state index in [1.807, 2.05) is 0 Å². The van der Waals surface area contributed by atoms with Crippen molar-refractivity contribution in [1.82, 2.24) is 25.5 Å². The van der Waals surface area contributed by atoms with Gasteiger partial charge in [-0.15, -0.1) is 5.10 Å². The van der Waals surface area contributed by atoms with E-state index in [0.29, 0.717) is 10.7 Å². The normalized spacial score (nSPS) is 11.9. The van der Waals surface area contributed by atoms with Crippen LogP contribution in [0.25, 0.3) is 5.69 Å². The summed E-state index contributed by atoms with van der Waals surface area (Å²) in [5.74, 6) is -1.66. The van der Waals surface area contributed by atoms with Gasteiger partial charge in [-0.05, 0) is 35.0 Å². The Kier molecular flexibility index (Phi) is 4.49. The van der Waals surface area contributed by atoms with Crippen molar-refractivity contribution in [2.45, 2.75) is 19.4 Å². The number of rotatable bonds is 5. The van der Waals surface area contributed by atoms with Crippen LogP contribution in [0.3, 0.4) is 0 Å². The lowest BCUT2D eigenvalue weighted by Crippen LogP contribution is -2.40. The second-order valence-corrected chi connectivity index (χ2v) is 4.62. The van der Waals surface area contributed by atoms with Crippen LogP contribution in [0.15, 0.2) is 24.5 Å². The summed E-state index contributed by atoms with van der Waals surface area (Å²) in [4.78, 5) is 23.3. The molecule has 0 aliphatic carbocycles. The van der Waals surface area contributed by atoms with Gasteiger partial charge in [-0.25, -0.2) is 4.79 Å². The van der Waals surface area contributed by atoms with Crippen LogP contribution in [-0.4, -0.2) is 43.2 Å². The Hall–Kier alpha value is -2.48. The number of carboxylic acids is 1. The predicted octanol–water partition coefficient (Wildman–Crippen LogP) is 0.909. The average molecular weight is 310 g/mol. The number of carbonyl (C=O) groups excluding carboxylic acids is 1. The maximum absolute atomic E-state index is 12.3. The van der Waals surface area contributed by atoms with Gasteiger partial charge in [0, 0.05) is 5.02 Å². The fourth-order valence-electron chi connectivity index (χ4n) is 1.74. The molecule has 9 heteroatoms. The third-order valence-corrected chi connectivity index (χ3v) is 3.05. The van der Waals surface area contributed by atoms with Crippen molar-refractivity contribution in [3.05, 3.63) is 35.1 Å². The molecule has 0 saturated heterocycles. The van der Waals surface area contributed by atoms with E-state index in [4.69, 9.17) is 16.7 Å². The molecule has 2 N–H and O–H groups in total. The Balaban J connectivity index is 2.36. The fraction of sp³-hybridized carbons (Fsp3) is 0.250. The number of aliphatic carboxylic acids is 1. The van der Waals surface area contributed by atoms with Gasteiger partial charge in [0.15, 0.2) is 0 Å². The minimum Gasteiger partial charge on any atom is -0.480 e. The van der Waals surface area contributed by atoms with Crippen molar-refractivity contribution in [1.29, 1.82) is 0 Å². The SMILES string of the molecule is CCC(NC(=O)c1cc(Cl)ccc1-n1cnnn1)C(=O)O. The first kappa shape index (κ1) is 14.9. The molecule has 0 bridgehead atoms.